The van der Waals surface area contributed by atoms with Crippen LogP contribution in [-0.2, 0) is 0 Å². The number of hydrogen-bond acceptors (Lipinski definition) is 1. The predicted molar refractivity (Wildman–Crippen MR) is 65.3 cm³/mol. The Kier molecular flexibility index (Phi) is 2.38. The van der Waals surface area contributed by atoms with Crippen molar-refractivity contribution in [2.24, 2.45) is 0 Å². The third-order valence-electron chi connectivity index (χ3n) is 2.45. The molecule has 0 saturated heterocycles. The first-order valence-corrected chi connectivity index (χ1v) is 4.92. The highest BCUT2D eigenvalue weighted by atomic mass is 16.2. The number of carbonyl (C=O) groups excluding carboxylic acids is 1. The first-order valence-electron chi connectivity index (χ1n) is 4.92. The van der Waals surface area contributed by atoms with Gasteiger partial charge in [0.25, 0.3) is 5.91 Å². The van der Waals surface area contributed by atoms with Crippen molar-refractivity contribution in [3.05, 3.63) is 48.2 Å². The summed E-state index contributed by atoms with van der Waals surface area (Å²) < 4.78 is 1.55. The van der Waals surface area contributed by atoms with E-state index in [2.05, 4.69) is 12.5 Å². The lowest BCUT2D eigenvalue weighted by atomic mass is 10.2. The van der Waals surface area contributed by atoms with Gasteiger partial charge in [-0.05, 0) is 13.0 Å². The van der Waals surface area contributed by atoms with Gasteiger partial charge >= 0.3 is 0 Å². The van der Waals surface area contributed by atoms with E-state index in [-0.39, 0.29) is 5.91 Å². The van der Waals surface area contributed by atoms with E-state index in [0.29, 0.717) is 5.57 Å². The number of allylic oxidation sites excluding steroid dienone is 1. The van der Waals surface area contributed by atoms with Crippen LogP contribution in [0.25, 0.3) is 10.9 Å². The van der Waals surface area contributed by atoms with E-state index in [0.717, 1.165) is 16.5 Å². The third-order valence-corrected chi connectivity index (χ3v) is 2.45. The Morgan fingerprint density at radius 3 is 2.75 bits per heavy atom. The monoisotopic (exact) mass is 209 g/mol. The van der Waals surface area contributed by atoms with Gasteiger partial charge in [0.05, 0.1) is 11.1 Å². The van der Waals surface area contributed by atoms with E-state index in [1.165, 1.54) is 0 Å². The summed E-state index contributed by atoms with van der Waals surface area (Å²) in [7, 11) is 0. The molecule has 0 amide bonds. The summed E-state index contributed by atoms with van der Waals surface area (Å²) >= 11 is 0. The number of para-hydroxylation sites is 1. The van der Waals surface area contributed by atoms with Crippen molar-refractivity contribution < 1.29 is 4.79 Å². The molecule has 78 valence electrons. The fourth-order valence-corrected chi connectivity index (χ4v) is 1.67. The van der Waals surface area contributed by atoms with Crippen LogP contribution in [0.2, 0.25) is 0 Å². The average molecular weight is 209 g/mol. The first kappa shape index (κ1) is 10.3. The molecule has 16 heavy (non-hydrogen) atoms. The molecule has 0 fully saturated rings. The quantitative estimate of drug-likeness (QED) is 0.523. The third kappa shape index (κ3) is 1.43. The van der Waals surface area contributed by atoms with Crippen LogP contribution in [-0.4, -0.2) is 10.5 Å². The molecule has 0 radical (unpaired) electrons. The zero-order chi connectivity index (χ0) is 11.7. The highest BCUT2D eigenvalue weighted by molar-refractivity contribution is 6.02. The summed E-state index contributed by atoms with van der Waals surface area (Å²) in [6.07, 6.45) is 7.09. The highest BCUT2D eigenvalue weighted by Gasteiger charge is 2.12. The van der Waals surface area contributed by atoms with Crippen LogP contribution >= 0.6 is 0 Å². The van der Waals surface area contributed by atoms with Crippen LogP contribution in [0.4, 0.5) is 0 Å². The minimum atomic E-state index is -0.127. The molecule has 0 aliphatic carbocycles. The Hall–Kier alpha value is -2.27. The summed E-state index contributed by atoms with van der Waals surface area (Å²) in [6.45, 7) is 5.34. The fraction of sp³-hybridized carbons (Fsp3) is 0.0714. The van der Waals surface area contributed by atoms with Gasteiger partial charge in [-0.2, -0.15) is 0 Å². The van der Waals surface area contributed by atoms with Crippen LogP contribution in [0.5, 0.6) is 0 Å². The van der Waals surface area contributed by atoms with Crippen molar-refractivity contribution >= 4 is 16.8 Å². The number of rotatable bonds is 1. The van der Waals surface area contributed by atoms with Crippen LogP contribution in [0.3, 0.4) is 0 Å². The zero-order valence-corrected chi connectivity index (χ0v) is 9.03. The summed E-state index contributed by atoms with van der Waals surface area (Å²) in [6, 6.07) is 7.56. The number of carbonyl (C=O) groups is 1. The Labute approximate surface area is 94.2 Å². The summed E-state index contributed by atoms with van der Waals surface area (Å²) in [5.74, 6) is 2.45. The Bertz CT molecular complexity index is 626. The van der Waals surface area contributed by atoms with Gasteiger partial charge in [0, 0.05) is 17.2 Å². The van der Waals surface area contributed by atoms with Crippen LogP contribution in [0.1, 0.15) is 17.3 Å². The molecule has 0 atom stereocenters. The van der Waals surface area contributed by atoms with Gasteiger partial charge in [0.2, 0.25) is 0 Å². The number of benzene rings is 1. The van der Waals surface area contributed by atoms with Crippen LogP contribution < -0.4 is 0 Å². The molecule has 2 nitrogen and oxygen atoms in total. The molecule has 0 aliphatic heterocycles. The summed E-state index contributed by atoms with van der Waals surface area (Å²) in [5, 5.41) is 0.916. The van der Waals surface area contributed by atoms with E-state index < -0.39 is 0 Å². The molecule has 0 unspecified atom stereocenters. The smallest absolute Gasteiger partial charge is 0.257 e. The van der Waals surface area contributed by atoms with Crippen molar-refractivity contribution in [3.8, 4) is 12.3 Å². The molecule has 2 heteroatoms. The van der Waals surface area contributed by atoms with Crippen molar-refractivity contribution in [1.82, 2.24) is 4.57 Å². The molecule has 0 saturated carbocycles. The molecule has 1 heterocycles. The maximum absolute atomic E-state index is 11.9. The van der Waals surface area contributed by atoms with Gasteiger partial charge in [0.1, 0.15) is 0 Å². The van der Waals surface area contributed by atoms with Gasteiger partial charge in [-0.3, -0.25) is 9.36 Å². The van der Waals surface area contributed by atoms with E-state index in [1.54, 1.807) is 17.7 Å². The number of fused-ring (bicyclic) bond motifs is 1. The second-order valence-corrected chi connectivity index (χ2v) is 3.66. The first-order chi connectivity index (χ1) is 7.65. The molecule has 2 aromatic rings. The van der Waals surface area contributed by atoms with Crippen molar-refractivity contribution in [1.29, 1.82) is 0 Å². The zero-order valence-electron chi connectivity index (χ0n) is 9.03. The van der Waals surface area contributed by atoms with Crippen molar-refractivity contribution in [3.63, 3.8) is 0 Å². The van der Waals surface area contributed by atoms with Crippen LogP contribution in [0.15, 0.2) is 42.6 Å². The molecule has 0 N–H and O–H groups in total. The maximum atomic E-state index is 11.9. The normalized spacial score (nSPS) is 10.0. The molecular weight excluding hydrogens is 198 g/mol. The Morgan fingerprint density at radius 2 is 2.12 bits per heavy atom. The van der Waals surface area contributed by atoms with Gasteiger partial charge < -0.3 is 0 Å². The largest absolute Gasteiger partial charge is 0.282 e. The van der Waals surface area contributed by atoms with Gasteiger partial charge in [0.15, 0.2) is 0 Å². The molecule has 1 aromatic heterocycles. The lowest BCUT2D eigenvalue weighted by Gasteiger charge is -2.01. The van der Waals surface area contributed by atoms with Crippen molar-refractivity contribution in [2.45, 2.75) is 6.92 Å². The van der Waals surface area contributed by atoms with Gasteiger partial charge in [-0.1, -0.05) is 30.7 Å². The van der Waals surface area contributed by atoms with Crippen LogP contribution in [0, 0.1) is 12.3 Å². The topological polar surface area (TPSA) is 22.0 Å². The van der Waals surface area contributed by atoms with Gasteiger partial charge in [-0.25, -0.2) is 0 Å². The second kappa shape index (κ2) is 3.71. The molecule has 0 aliphatic rings. The molecule has 2 rings (SSSR count). The fourth-order valence-electron chi connectivity index (χ4n) is 1.67. The lowest BCUT2D eigenvalue weighted by Crippen LogP contribution is -2.09. The minimum Gasteiger partial charge on any atom is -0.282 e. The predicted octanol–water partition coefficient (Wildman–Crippen LogP) is 2.84. The molecule has 1 aromatic carbocycles. The SMILES string of the molecule is C#Cc1cn(C(=O)C(=C)C)c2ccccc12. The minimum absolute atomic E-state index is 0.127. The number of hydrogen-bond donors (Lipinski definition) is 0. The average Bonchev–Trinajstić information content (AvgIpc) is 2.66. The van der Waals surface area contributed by atoms with E-state index in [4.69, 9.17) is 6.42 Å². The number of terminal acetylenes is 1. The summed E-state index contributed by atoms with van der Waals surface area (Å²) in [4.78, 5) is 11.9. The van der Waals surface area contributed by atoms with E-state index in [1.807, 2.05) is 24.3 Å². The maximum Gasteiger partial charge on any atom is 0.257 e. The lowest BCUT2D eigenvalue weighted by molar-refractivity contribution is 0.0960. The van der Waals surface area contributed by atoms with Gasteiger partial charge in [-0.15, -0.1) is 6.42 Å². The summed E-state index contributed by atoms with van der Waals surface area (Å²) in [5.41, 5.74) is 2.04. The number of aromatic nitrogens is 1. The van der Waals surface area contributed by atoms with E-state index in [9.17, 15) is 4.79 Å². The standard InChI is InChI=1S/C14H11NO/c1-4-11-9-15(14(16)10(2)3)13-8-6-5-7-12(11)13/h1,5-9H,2H2,3H3. The molecule has 0 spiro atoms. The van der Waals surface area contributed by atoms with E-state index >= 15 is 0 Å². The second-order valence-electron chi connectivity index (χ2n) is 3.66. The Morgan fingerprint density at radius 1 is 1.44 bits per heavy atom. The highest BCUT2D eigenvalue weighted by Crippen LogP contribution is 2.21. The molecule has 0 bridgehead atoms. The molecular formula is C14H11NO. The Balaban J connectivity index is 2.77. The van der Waals surface area contributed by atoms with Crippen molar-refractivity contribution in [2.75, 3.05) is 0 Å². The number of nitrogens with zero attached hydrogens (tertiary/aromatic N) is 1.